The highest BCUT2D eigenvalue weighted by atomic mass is 32.2. The minimum atomic E-state index is -3.65. The normalized spacial score (nSPS) is 11.6. The quantitative estimate of drug-likeness (QED) is 0.887. The number of anilines is 1. The number of benzene rings is 1. The van der Waals surface area contributed by atoms with Crippen LogP contribution in [0.25, 0.3) is 0 Å². The van der Waals surface area contributed by atoms with E-state index in [2.05, 4.69) is 10.0 Å². The predicted octanol–water partition coefficient (Wildman–Crippen LogP) is 2.08. The van der Waals surface area contributed by atoms with E-state index in [9.17, 15) is 17.2 Å². The molecule has 0 atom stereocenters. The summed E-state index contributed by atoms with van der Waals surface area (Å²) in [5.74, 6) is -1.68. The summed E-state index contributed by atoms with van der Waals surface area (Å²) in [6.45, 7) is 0.0274. The molecular weight excluding hydrogens is 290 g/mol. The highest BCUT2D eigenvalue weighted by molar-refractivity contribution is 7.89. The summed E-state index contributed by atoms with van der Waals surface area (Å²) in [5, 5.41) is 2.39. The van der Waals surface area contributed by atoms with Gasteiger partial charge in [-0.05, 0) is 31.3 Å². The van der Waals surface area contributed by atoms with Crippen LogP contribution in [0.2, 0.25) is 0 Å². The zero-order valence-electron chi connectivity index (χ0n) is 10.5. The van der Waals surface area contributed by atoms with Gasteiger partial charge < -0.3 is 9.73 Å². The Balaban J connectivity index is 2.11. The van der Waals surface area contributed by atoms with Crippen LogP contribution in [0.1, 0.15) is 5.76 Å². The Bertz CT molecular complexity index is 713. The third kappa shape index (κ3) is 2.97. The van der Waals surface area contributed by atoms with Gasteiger partial charge in [-0.2, -0.15) is 0 Å². The van der Waals surface area contributed by atoms with Crippen LogP contribution in [0, 0.1) is 11.6 Å². The lowest BCUT2D eigenvalue weighted by molar-refractivity contribution is 0.416. The molecule has 108 valence electrons. The molecular formula is C12H12F2N2O3S. The summed E-state index contributed by atoms with van der Waals surface area (Å²) < 4.78 is 56.5. The molecule has 1 heterocycles. The van der Waals surface area contributed by atoms with Crippen LogP contribution in [0.15, 0.2) is 39.8 Å². The first-order chi connectivity index (χ1) is 9.44. The number of hydrogen-bond acceptors (Lipinski definition) is 4. The van der Waals surface area contributed by atoms with Crippen molar-refractivity contribution in [3.8, 4) is 0 Å². The maximum absolute atomic E-state index is 13.4. The molecule has 0 saturated heterocycles. The summed E-state index contributed by atoms with van der Waals surface area (Å²) in [7, 11) is -2.39. The van der Waals surface area contributed by atoms with Crippen LogP contribution in [0.4, 0.5) is 14.5 Å². The van der Waals surface area contributed by atoms with E-state index in [4.69, 9.17) is 4.42 Å². The average Bonchev–Trinajstić information content (AvgIpc) is 2.90. The summed E-state index contributed by atoms with van der Waals surface area (Å²) in [4.78, 5) is 0. The van der Waals surface area contributed by atoms with Crippen LogP contribution in [-0.4, -0.2) is 15.5 Å². The van der Waals surface area contributed by atoms with Crippen LogP contribution in [-0.2, 0) is 16.6 Å². The van der Waals surface area contributed by atoms with Gasteiger partial charge in [-0.1, -0.05) is 6.07 Å². The fraction of sp³-hybridized carbons (Fsp3) is 0.167. The zero-order valence-corrected chi connectivity index (χ0v) is 11.3. The van der Waals surface area contributed by atoms with Gasteiger partial charge in [0, 0.05) is 0 Å². The lowest BCUT2D eigenvalue weighted by Gasteiger charge is -2.06. The largest absolute Gasteiger partial charge is 0.446 e. The number of furan rings is 1. The summed E-state index contributed by atoms with van der Waals surface area (Å²) in [6, 6.07) is 6.45. The van der Waals surface area contributed by atoms with Crippen LogP contribution >= 0.6 is 0 Å². The maximum Gasteiger partial charge on any atom is 0.273 e. The minimum Gasteiger partial charge on any atom is -0.446 e. The van der Waals surface area contributed by atoms with Gasteiger partial charge in [-0.15, -0.1) is 0 Å². The standard InChI is InChI=1S/C12H12F2N2O3S/c1-15-20(17,18)11-6-5-8(19-11)7-16-10-4-2-3-9(13)12(10)14/h2-6,15-16H,7H2,1H3. The Kier molecular flexibility index (Phi) is 4.05. The van der Waals surface area contributed by atoms with Crippen molar-refractivity contribution in [2.45, 2.75) is 11.6 Å². The molecule has 0 unspecified atom stereocenters. The van der Waals surface area contributed by atoms with Gasteiger partial charge >= 0.3 is 0 Å². The Labute approximate surface area is 114 Å². The van der Waals surface area contributed by atoms with Crippen molar-refractivity contribution < 1.29 is 21.6 Å². The molecule has 0 aliphatic rings. The average molecular weight is 302 g/mol. The first-order valence-electron chi connectivity index (χ1n) is 5.64. The van der Waals surface area contributed by atoms with Crippen molar-refractivity contribution in [1.29, 1.82) is 0 Å². The zero-order chi connectivity index (χ0) is 14.8. The number of halogens is 2. The van der Waals surface area contributed by atoms with Gasteiger partial charge in [-0.25, -0.2) is 21.9 Å². The molecule has 20 heavy (non-hydrogen) atoms. The number of sulfonamides is 1. The smallest absolute Gasteiger partial charge is 0.273 e. The van der Waals surface area contributed by atoms with E-state index < -0.39 is 21.7 Å². The van der Waals surface area contributed by atoms with Crippen molar-refractivity contribution in [2.24, 2.45) is 0 Å². The third-order valence-corrected chi connectivity index (χ3v) is 3.86. The number of rotatable bonds is 5. The fourth-order valence-corrected chi connectivity index (χ4v) is 2.19. The summed E-state index contributed by atoms with van der Waals surface area (Å²) in [6.07, 6.45) is 0. The SMILES string of the molecule is CNS(=O)(=O)c1ccc(CNc2cccc(F)c2F)o1. The molecule has 2 aromatic rings. The van der Waals surface area contributed by atoms with Gasteiger partial charge in [-0.3, -0.25) is 0 Å². The first kappa shape index (κ1) is 14.5. The maximum atomic E-state index is 13.4. The Hall–Kier alpha value is -1.93. The second kappa shape index (κ2) is 5.59. The van der Waals surface area contributed by atoms with E-state index in [1.807, 2.05) is 0 Å². The van der Waals surface area contributed by atoms with E-state index in [0.717, 1.165) is 6.07 Å². The highest BCUT2D eigenvalue weighted by Gasteiger charge is 2.16. The second-order valence-corrected chi connectivity index (χ2v) is 5.70. The molecule has 1 aromatic carbocycles. The van der Waals surface area contributed by atoms with Crippen molar-refractivity contribution in [2.75, 3.05) is 12.4 Å². The predicted molar refractivity (Wildman–Crippen MR) is 68.6 cm³/mol. The van der Waals surface area contributed by atoms with Gasteiger partial charge in [0.2, 0.25) is 5.09 Å². The van der Waals surface area contributed by atoms with Gasteiger partial charge in [0.15, 0.2) is 11.6 Å². The van der Waals surface area contributed by atoms with E-state index in [-0.39, 0.29) is 23.1 Å². The van der Waals surface area contributed by atoms with Crippen molar-refractivity contribution in [3.63, 3.8) is 0 Å². The molecule has 0 bridgehead atoms. The number of nitrogens with one attached hydrogen (secondary N) is 2. The molecule has 0 saturated carbocycles. The molecule has 0 fully saturated rings. The monoisotopic (exact) mass is 302 g/mol. The first-order valence-corrected chi connectivity index (χ1v) is 7.12. The minimum absolute atomic E-state index is 0.0274. The van der Waals surface area contributed by atoms with Crippen LogP contribution in [0.5, 0.6) is 0 Å². The van der Waals surface area contributed by atoms with E-state index in [1.165, 1.54) is 31.3 Å². The van der Waals surface area contributed by atoms with Crippen molar-refractivity contribution in [3.05, 3.63) is 47.7 Å². The van der Waals surface area contributed by atoms with E-state index in [0.29, 0.717) is 0 Å². The molecule has 0 aliphatic heterocycles. The molecule has 5 nitrogen and oxygen atoms in total. The highest BCUT2D eigenvalue weighted by Crippen LogP contribution is 2.19. The molecule has 1 aromatic heterocycles. The molecule has 0 spiro atoms. The van der Waals surface area contributed by atoms with Crippen molar-refractivity contribution in [1.82, 2.24) is 4.72 Å². The molecule has 2 N–H and O–H groups in total. The lowest BCUT2D eigenvalue weighted by atomic mass is 10.3. The van der Waals surface area contributed by atoms with Gasteiger partial charge in [0.05, 0.1) is 12.2 Å². The van der Waals surface area contributed by atoms with Gasteiger partial charge in [0.25, 0.3) is 10.0 Å². The molecule has 0 aliphatic carbocycles. The fourth-order valence-electron chi connectivity index (χ4n) is 1.52. The molecule has 0 radical (unpaired) electrons. The molecule has 8 heteroatoms. The molecule has 0 amide bonds. The van der Waals surface area contributed by atoms with E-state index in [1.54, 1.807) is 0 Å². The van der Waals surface area contributed by atoms with Crippen LogP contribution in [0.3, 0.4) is 0 Å². The van der Waals surface area contributed by atoms with Crippen molar-refractivity contribution >= 4 is 15.7 Å². The topological polar surface area (TPSA) is 71.3 Å². The number of hydrogen-bond donors (Lipinski definition) is 2. The lowest BCUT2D eigenvalue weighted by Crippen LogP contribution is -2.17. The Morgan fingerprint density at radius 1 is 1.20 bits per heavy atom. The summed E-state index contributed by atoms with van der Waals surface area (Å²) >= 11 is 0. The Morgan fingerprint density at radius 2 is 1.95 bits per heavy atom. The Morgan fingerprint density at radius 3 is 2.65 bits per heavy atom. The second-order valence-electron chi connectivity index (χ2n) is 3.88. The van der Waals surface area contributed by atoms with Crippen LogP contribution < -0.4 is 10.0 Å². The molecule has 2 rings (SSSR count). The third-order valence-electron chi connectivity index (χ3n) is 2.58. The van der Waals surface area contributed by atoms with Gasteiger partial charge in [0.1, 0.15) is 5.76 Å². The van der Waals surface area contributed by atoms with E-state index >= 15 is 0 Å². The summed E-state index contributed by atoms with van der Waals surface area (Å²) in [5.41, 5.74) is -0.0283.